The number of benzene rings is 1. The normalized spacial score (nSPS) is 14.6. The van der Waals surface area contributed by atoms with Gasteiger partial charge >= 0.3 is 6.03 Å². The number of methoxy groups -OCH3 is 2. The van der Waals surface area contributed by atoms with Gasteiger partial charge in [0.05, 0.1) is 19.8 Å². The number of nitrogens with zero attached hydrogens (tertiary/aromatic N) is 4. The summed E-state index contributed by atoms with van der Waals surface area (Å²) < 4.78 is 10.7. The Labute approximate surface area is 165 Å². The lowest BCUT2D eigenvalue weighted by atomic mass is 9.94. The Morgan fingerprint density at radius 2 is 1.68 bits per heavy atom. The molecule has 2 aromatic rings. The van der Waals surface area contributed by atoms with Crippen molar-refractivity contribution in [2.75, 3.05) is 45.3 Å². The van der Waals surface area contributed by atoms with Crippen molar-refractivity contribution < 1.29 is 14.3 Å². The molecule has 1 fully saturated rings. The molecule has 0 atom stereocenters. The first-order valence-electron chi connectivity index (χ1n) is 9.26. The molecule has 0 radical (unpaired) electrons. The second-order valence-corrected chi connectivity index (χ2v) is 7.15. The van der Waals surface area contributed by atoms with Crippen molar-refractivity contribution in [2.45, 2.75) is 19.4 Å². The Bertz CT molecular complexity index is 805. The minimum absolute atomic E-state index is 0.0894. The van der Waals surface area contributed by atoms with Crippen LogP contribution in [0.4, 0.5) is 10.7 Å². The summed E-state index contributed by atoms with van der Waals surface area (Å²) in [5.74, 6) is 2.00. The Morgan fingerprint density at radius 3 is 2.29 bits per heavy atom. The first-order valence-corrected chi connectivity index (χ1v) is 9.26. The van der Waals surface area contributed by atoms with E-state index in [1.165, 1.54) is 0 Å². The first kappa shape index (κ1) is 19.7. The van der Waals surface area contributed by atoms with Crippen molar-refractivity contribution in [2.24, 2.45) is 0 Å². The van der Waals surface area contributed by atoms with Crippen LogP contribution in [0.3, 0.4) is 0 Å². The fourth-order valence-corrected chi connectivity index (χ4v) is 3.21. The minimum Gasteiger partial charge on any atom is -0.493 e. The van der Waals surface area contributed by atoms with E-state index in [2.05, 4.69) is 20.2 Å². The van der Waals surface area contributed by atoms with Gasteiger partial charge in [0, 0.05) is 38.6 Å². The number of carbonyl (C=O) groups excluding carboxylic acids is 1. The van der Waals surface area contributed by atoms with Crippen LogP contribution in [0.25, 0.3) is 0 Å². The lowest BCUT2D eigenvalue weighted by molar-refractivity contribution is 0.183. The molecule has 1 N–H and O–H groups in total. The quantitative estimate of drug-likeness (QED) is 0.850. The van der Waals surface area contributed by atoms with E-state index in [0.29, 0.717) is 43.6 Å². The molecule has 150 valence electrons. The predicted molar refractivity (Wildman–Crippen MR) is 107 cm³/mol. The summed E-state index contributed by atoms with van der Waals surface area (Å²) in [4.78, 5) is 25.3. The van der Waals surface area contributed by atoms with E-state index < -0.39 is 5.54 Å². The number of carbonyl (C=O) groups is 1. The number of piperazine rings is 1. The van der Waals surface area contributed by atoms with Gasteiger partial charge in [-0.3, -0.25) is 0 Å². The number of aromatic nitrogens is 2. The molecule has 28 heavy (non-hydrogen) atoms. The van der Waals surface area contributed by atoms with Crippen LogP contribution < -0.4 is 19.7 Å². The van der Waals surface area contributed by atoms with Gasteiger partial charge in [0.2, 0.25) is 5.95 Å². The third kappa shape index (κ3) is 4.27. The molecular formula is C20H27N5O3. The zero-order valence-electron chi connectivity index (χ0n) is 16.8. The van der Waals surface area contributed by atoms with Crippen molar-refractivity contribution in [3.05, 3.63) is 42.2 Å². The van der Waals surface area contributed by atoms with Gasteiger partial charge in [-0.05, 0) is 37.6 Å². The summed E-state index contributed by atoms with van der Waals surface area (Å²) in [6.45, 7) is 6.58. The van der Waals surface area contributed by atoms with Crippen LogP contribution in [0.1, 0.15) is 19.4 Å². The number of anilines is 1. The summed E-state index contributed by atoms with van der Waals surface area (Å²) in [6.07, 6.45) is 3.46. The number of amides is 2. The number of ether oxygens (including phenoxy) is 2. The fraction of sp³-hybridized carbons (Fsp3) is 0.450. The number of urea groups is 1. The second-order valence-electron chi connectivity index (χ2n) is 7.15. The van der Waals surface area contributed by atoms with Gasteiger partial charge in [-0.25, -0.2) is 14.8 Å². The molecule has 0 aliphatic carbocycles. The molecule has 0 unspecified atom stereocenters. The highest BCUT2D eigenvalue weighted by Gasteiger charge is 2.29. The van der Waals surface area contributed by atoms with Gasteiger partial charge in [-0.2, -0.15) is 0 Å². The molecule has 2 amide bonds. The highest BCUT2D eigenvalue weighted by Crippen LogP contribution is 2.32. The predicted octanol–water partition coefficient (Wildman–Crippen LogP) is 2.26. The average molecular weight is 385 g/mol. The highest BCUT2D eigenvalue weighted by molar-refractivity contribution is 5.75. The van der Waals surface area contributed by atoms with Gasteiger partial charge in [0.1, 0.15) is 0 Å². The Morgan fingerprint density at radius 1 is 1.04 bits per heavy atom. The van der Waals surface area contributed by atoms with E-state index in [1.54, 1.807) is 32.7 Å². The van der Waals surface area contributed by atoms with Gasteiger partial charge in [-0.15, -0.1) is 0 Å². The molecule has 1 aliphatic heterocycles. The van der Waals surface area contributed by atoms with Crippen LogP contribution in [-0.2, 0) is 5.54 Å². The van der Waals surface area contributed by atoms with E-state index in [1.807, 2.05) is 36.9 Å². The Hall–Kier alpha value is -3.03. The lowest BCUT2D eigenvalue weighted by Crippen LogP contribution is -2.55. The molecule has 0 bridgehead atoms. The van der Waals surface area contributed by atoms with Crippen molar-refractivity contribution in [3.8, 4) is 11.5 Å². The summed E-state index contributed by atoms with van der Waals surface area (Å²) in [5.41, 5.74) is 0.380. The van der Waals surface area contributed by atoms with E-state index >= 15 is 0 Å². The molecule has 0 spiro atoms. The molecule has 2 heterocycles. The maximum Gasteiger partial charge on any atom is 0.318 e. The molecule has 8 nitrogen and oxygen atoms in total. The summed E-state index contributed by atoms with van der Waals surface area (Å²) >= 11 is 0. The van der Waals surface area contributed by atoms with Crippen LogP contribution in [-0.4, -0.2) is 61.3 Å². The Kier molecular flexibility index (Phi) is 5.87. The van der Waals surface area contributed by atoms with Crippen molar-refractivity contribution in [1.29, 1.82) is 0 Å². The topological polar surface area (TPSA) is 79.8 Å². The zero-order valence-corrected chi connectivity index (χ0v) is 16.8. The molecular weight excluding hydrogens is 358 g/mol. The summed E-state index contributed by atoms with van der Waals surface area (Å²) in [5, 5.41) is 3.13. The van der Waals surface area contributed by atoms with Gasteiger partial charge in [0.25, 0.3) is 0 Å². The maximum atomic E-state index is 12.8. The second kappa shape index (κ2) is 8.33. The third-order valence-electron chi connectivity index (χ3n) is 4.93. The molecule has 1 aromatic heterocycles. The number of hydrogen-bond acceptors (Lipinski definition) is 6. The largest absolute Gasteiger partial charge is 0.493 e. The van der Waals surface area contributed by atoms with Crippen molar-refractivity contribution in [1.82, 2.24) is 20.2 Å². The molecule has 3 rings (SSSR count). The van der Waals surface area contributed by atoms with Crippen LogP contribution in [0.5, 0.6) is 11.5 Å². The smallest absolute Gasteiger partial charge is 0.318 e. The number of nitrogens with one attached hydrogen (secondary N) is 1. The van der Waals surface area contributed by atoms with E-state index in [9.17, 15) is 4.79 Å². The third-order valence-corrected chi connectivity index (χ3v) is 4.93. The molecule has 1 aromatic carbocycles. The first-order chi connectivity index (χ1) is 13.4. The maximum absolute atomic E-state index is 12.8. The van der Waals surface area contributed by atoms with Crippen molar-refractivity contribution in [3.63, 3.8) is 0 Å². The molecule has 1 saturated heterocycles. The Balaban J connectivity index is 1.62. The van der Waals surface area contributed by atoms with Crippen molar-refractivity contribution >= 4 is 12.0 Å². The van der Waals surface area contributed by atoms with E-state index in [4.69, 9.17) is 9.47 Å². The monoisotopic (exact) mass is 385 g/mol. The molecule has 0 saturated carbocycles. The van der Waals surface area contributed by atoms with E-state index in [-0.39, 0.29) is 6.03 Å². The number of hydrogen-bond donors (Lipinski definition) is 1. The number of rotatable bonds is 5. The fourth-order valence-electron chi connectivity index (χ4n) is 3.21. The van der Waals surface area contributed by atoms with Gasteiger partial charge in [-0.1, -0.05) is 6.07 Å². The van der Waals surface area contributed by atoms with E-state index in [0.717, 1.165) is 5.56 Å². The minimum atomic E-state index is -0.559. The summed E-state index contributed by atoms with van der Waals surface area (Å²) in [7, 11) is 3.20. The highest BCUT2D eigenvalue weighted by atomic mass is 16.5. The SMILES string of the molecule is COc1ccc(C(C)(C)NC(=O)N2CCN(c3ncccn3)CC2)cc1OC. The zero-order chi connectivity index (χ0) is 20.1. The summed E-state index contributed by atoms with van der Waals surface area (Å²) in [6, 6.07) is 7.38. The standard InChI is InChI=1S/C20H27N5O3/c1-20(2,15-6-7-16(27-3)17(14-15)28-4)23-19(26)25-12-10-24(11-13-25)18-21-8-5-9-22-18/h5-9,14H,10-13H2,1-4H3,(H,23,26). The van der Waals surface area contributed by atoms with Crippen LogP contribution in [0, 0.1) is 0 Å². The lowest BCUT2D eigenvalue weighted by Gasteiger charge is -2.37. The van der Waals surface area contributed by atoms with Crippen LogP contribution >= 0.6 is 0 Å². The average Bonchev–Trinajstić information content (AvgIpc) is 2.73. The van der Waals surface area contributed by atoms with Crippen LogP contribution in [0.2, 0.25) is 0 Å². The van der Waals surface area contributed by atoms with Gasteiger partial charge in [0.15, 0.2) is 11.5 Å². The molecule has 1 aliphatic rings. The van der Waals surface area contributed by atoms with Gasteiger partial charge < -0.3 is 24.6 Å². The molecule has 8 heteroatoms. The van der Waals surface area contributed by atoms with Crippen LogP contribution in [0.15, 0.2) is 36.7 Å².